The van der Waals surface area contributed by atoms with Crippen LogP contribution in [0.5, 0.6) is 0 Å². The molecule has 0 unspecified atom stereocenters. The number of hydrogen-bond acceptors (Lipinski definition) is 4. The summed E-state index contributed by atoms with van der Waals surface area (Å²) in [5.74, 6) is -2.93. The molecule has 0 spiro atoms. The number of amides is 1. The molecule has 1 saturated carbocycles. The predicted molar refractivity (Wildman–Crippen MR) is 92.6 cm³/mol. The molecule has 4 nitrogen and oxygen atoms in total. The molecule has 134 valence electrons. The topological polar surface area (TPSA) is 45.2 Å². The Kier molecular flexibility index (Phi) is 7.91. The zero-order valence-corrected chi connectivity index (χ0v) is 14.8. The summed E-state index contributed by atoms with van der Waals surface area (Å²) in [6.45, 7) is 1.46. The molecule has 1 aromatic heterocycles. The van der Waals surface area contributed by atoms with E-state index in [1.54, 1.807) is 6.07 Å². The van der Waals surface area contributed by atoms with Crippen LogP contribution in [0.25, 0.3) is 0 Å². The largest absolute Gasteiger partial charge is 0.352 e. The molecular weight excluding hydrogens is 332 g/mol. The van der Waals surface area contributed by atoms with Crippen molar-refractivity contribution < 1.29 is 13.6 Å². The highest BCUT2D eigenvalue weighted by molar-refractivity contribution is 7.99. The molecule has 0 aliphatic heterocycles. The number of pyridine rings is 1. The molecular formula is C17H25F2N3OS. The maximum atomic E-state index is 12.5. The van der Waals surface area contributed by atoms with E-state index in [0.717, 1.165) is 13.0 Å². The van der Waals surface area contributed by atoms with E-state index in [1.165, 1.54) is 44.4 Å². The van der Waals surface area contributed by atoms with Gasteiger partial charge in [0, 0.05) is 18.8 Å². The Hall–Kier alpha value is -1.21. The number of alkyl halides is 2. The van der Waals surface area contributed by atoms with Crippen molar-refractivity contribution in [1.29, 1.82) is 0 Å². The first-order valence-corrected chi connectivity index (χ1v) is 9.34. The monoisotopic (exact) mass is 357 g/mol. The standard InChI is InChI=1S/C17H25F2N3OS/c1-22(13-7-3-2-4-8-13)12-6-11-20-15(23)14-9-5-10-21-16(14)24-17(18)19/h5,9-10,13,17H,2-4,6-8,11-12H2,1H3,(H,20,23). The van der Waals surface area contributed by atoms with Gasteiger partial charge in [-0.15, -0.1) is 0 Å². The van der Waals surface area contributed by atoms with Crippen LogP contribution < -0.4 is 5.32 Å². The summed E-state index contributed by atoms with van der Waals surface area (Å²) in [6.07, 6.45) is 8.72. The van der Waals surface area contributed by atoms with Crippen LogP contribution in [0.1, 0.15) is 48.9 Å². The van der Waals surface area contributed by atoms with Gasteiger partial charge in [-0.05, 0) is 56.7 Å². The average molecular weight is 357 g/mol. The van der Waals surface area contributed by atoms with Gasteiger partial charge in [-0.3, -0.25) is 4.79 Å². The van der Waals surface area contributed by atoms with Gasteiger partial charge >= 0.3 is 0 Å². The lowest BCUT2D eigenvalue weighted by molar-refractivity contribution is 0.0947. The van der Waals surface area contributed by atoms with E-state index < -0.39 is 5.76 Å². The Morgan fingerprint density at radius 2 is 2.17 bits per heavy atom. The Balaban J connectivity index is 1.75. The third-order valence-electron chi connectivity index (χ3n) is 4.39. The molecule has 1 amide bonds. The number of nitrogens with one attached hydrogen (secondary N) is 1. The van der Waals surface area contributed by atoms with Crippen molar-refractivity contribution in [3.8, 4) is 0 Å². The van der Waals surface area contributed by atoms with Crippen LogP contribution in [0.15, 0.2) is 23.4 Å². The molecule has 1 N–H and O–H groups in total. The number of carbonyl (C=O) groups is 1. The van der Waals surface area contributed by atoms with Crippen molar-refractivity contribution in [2.24, 2.45) is 0 Å². The second kappa shape index (κ2) is 9.93. The highest BCUT2D eigenvalue weighted by atomic mass is 32.2. The maximum absolute atomic E-state index is 12.5. The van der Waals surface area contributed by atoms with Gasteiger partial charge in [0.1, 0.15) is 5.03 Å². The minimum atomic E-state index is -2.59. The molecule has 7 heteroatoms. The zero-order valence-electron chi connectivity index (χ0n) is 14.0. The Morgan fingerprint density at radius 1 is 1.42 bits per heavy atom. The predicted octanol–water partition coefficient (Wildman–Crippen LogP) is 3.78. The van der Waals surface area contributed by atoms with Gasteiger partial charge in [0.2, 0.25) is 0 Å². The summed E-state index contributed by atoms with van der Waals surface area (Å²) in [5.41, 5.74) is 0.212. The number of nitrogens with zero attached hydrogens (tertiary/aromatic N) is 2. The van der Waals surface area contributed by atoms with Crippen LogP contribution in [-0.4, -0.2) is 47.7 Å². The maximum Gasteiger partial charge on any atom is 0.290 e. The number of thioether (sulfide) groups is 1. The number of aromatic nitrogens is 1. The SMILES string of the molecule is CN(CCCNC(=O)c1cccnc1SC(F)F)C1CCCCC1. The second-order valence-corrected chi connectivity index (χ2v) is 7.10. The van der Waals surface area contributed by atoms with Crippen molar-refractivity contribution >= 4 is 17.7 Å². The molecule has 1 fully saturated rings. The van der Waals surface area contributed by atoms with E-state index in [4.69, 9.17) is 0 Å². The Labute approximate surface area is 146 Å². The molecule has 1 aliphatic carbocycles. The zero-order chi connectivity index (χ0) is 17.4. The number of carbonyl (C=O) groups excluding carboxylic acids is 1. The van der Waals surface area contributed by atoms with E-state index in [2.05, 4.69) is 22.2 Å². The van der Waals surface area contributed by atoms with E-state index in [1.807, 2.05) is 0 Å². The molecule has 1 aliphatic rings. The smallest absolute Gasteiger partial charge is 0.290 e. The van der Waals surface area contributed by atoms with E-state index in [9.17, 15) is 13.6 Å². The third-order valence-corrected chi connectivity index (χ3v) is 5.11. The van der Waals surface area contributed by atoms with Crippen LogP contribution in [0.3, 0.4) is 0 Å². The van der Waals surface area contributed by atoms with Crippen molar-refractivity contribution in [2.75, 3.05) is 20.1 Å². The first-order chi connectivity index (χ1) is 11.6. The minimum Gasteiger partial charge on any atom is -0.352 e. The fourth-order valence-electron chi connectivity index (χ4n) is 3.07. The summed E-state index contributed by atoms with van der Waals surface area (Å²) in [5, 5.41) is 2.88. The van der Waals surface area contributed by atoms with Gasteiger partial charge in [-0.25, -0.2) is 4.98 Å². The molecule has 0 bridgehead atoms. The lowest BCUT2D eigenvalue weighted by atomic mass is 9.94. The van der Waals surface area contributed by atoms with Crippen LogP contribution in [0, 0.1) is 0 Å². The third kappa shape index (κ3) is 6.02. The van der Waals surface area contributed by atoms with Gasteiger partial charge in [0.05, 0.1) is 5.56 Å². The molecule has 1 aromatic rings. The first-order valence-electron chi connectivity index (χ1n) is 8.46. The van der Waals surface area contributed by atoms with Gasteiger partial charge in [0.25, 0.3) is 11.7 Å². The quantitative estimate of drug-likeness (QED) is 0.568. The fourth-order valence-corrected chi connectivity index (χ4v) is 3.65. The van der Waals surface area contributed by atoms with Crippen molar-refractivity contribution in [3.05, 3.63) is 23.9 Å². The number of rotatable bonds is 8. The molecule has 0 aromatic carbocycles. The molecule has 0 saturated heterocycles. The first kappa shape index (κ1) is 19.1. The van der Waals surface area contributed by atoms with Gasteiger partial charge in [-0.2, -0.15) is 8.78 Å². The average Bonchev–Trinajstić information content (AvgIpc) is 2.59. The Bertz CT molecular complexity index is 524. The van der Waals surface area contributed by atoms with E-state index >= 15 is 0 Å². The van der Waals surface area contributed by atoms with Gasteiger partial charge < -0.3 is 10.2 Å². The van der Waals surface area contributed by atoms with Gasteiger partial charge in [-0.1, -0.05) is 19.3 Å². The molecule has 1 heterocycles. The van der Waals surface area contributed by atoms with E-state index in [-0.39, 0.29) is 16.5 Å². The molecule has 24 heavy (non-hydrogen) atoms. The summed E-state index contributed by atoms with van der Waals surface area (Å²) >= 11 is 0.303. The highest BCUT2D eigenvalue weighted by Gasteiger charge is 2.18. The van der Waals surface area contributed by atoms with Crippen molar-refractivity contribution in [1.82, 2.24) is 15.2 Å². The minimum absolute atomic E-state index is 0.0734. The van der Waals surface area contributed by atoms with E-state index in [0.29, 0.717) is 24.3 Å². The van der Waals surface area contributed by atoms with Crippen LogP contribution >= 0.6 is 11.8 Å². The second-order valence-electron chi connectivity index (χ2n) is 6.12. The van der Waals surface area contributed by atoms with Gasteiger partial charge in [0.15, 0.2) is 0 Å². The Morgan fingerprint density at radius 3 is 2.88 bits per heavy atom. The molecule has 0 radical (unpaired) electrons. The summed E-state index contributed by atoms with van der Waals surface area (Å²) in [7, 11) is 2.14. The molecule has 0 atom stereocenters. The van der Waals surface area contributed by atoms with Crippen molar-refractivity contribution in [2.45, 2.75) is 55.4 Å². The highest BCUT2D eigenvalue weighted by Crippen LogP contribution is 2.26. The van der Waals surface area contributed by atoms with Crippen LogP contribution in [0.4, 0.5) is 8.78 Å². The fraction of sp³-hybridized carbons (Fsp3) is 0.647. The lowest BCUT2D eigenvalue weighted by Gasteiger charge is -2.31. The summed E-state index contributed by atoms with van der Waals surface area (Å²) in [6, 6.07) is 3.77. The molecule has 2 rings (SSSR count). The van der Waals surface area contributed by atoms with Crippen molar-refractivity contribution in [3.63, 3.8) is 0 Å². The lowest BCUT2D eigenvalue weighted by Crippen LogP contribution is -2.35. The summed E-state index contributed by atoms with van der Waals surface area (Å²) < 4.78 is 25.0. The van der Waals surface area contributed by atoms with Crippen LogP contribution in [0.2, 0.25) is 0 Å². The van der Waals surface area contributed by atoms with Crippen LogP contribution in [-0.2, 0) is 0 Å². The number of halogens is 2. The normalized spacial score (nSPS) is 15.9. The summed E-state index contributed by atoms with van der Waals surface area (Å²) in [4.78, 5) is 18.4. The number of hydrogen-bond donors (Lipinski definition) is 1.